The fraction of sp³-hybridized carbons (Fsp3) is 0.318. The number of rotatable bonds is 5. The van der Waals surface area contributed by atoms with Crippen LogP contribution in [-0.2, 0) is 4.79 Å². The smallest absolute Gasteiger partial charge is 0.262 e. The van der Waals surface area contributed by atoms with Gasteiger partial charge in [0.15, 0.2) is 0 Å². The van der Waals surface area contributed by atoms with E-state index in [4.69, 9.17) is 11.6 Å². The average molecular weight is 399 g/mol. The van der Waals surface area contributed by atoms with E-state index in [1.54, 1.807) is 30.3 Å². The van der Waals surface area contributed by atoms with Gasteiger partial charge in [0, 0.05) is 0 Å². The van der Waals surface area contributed by atoms with Crippen molar-refractivity contribution in [1.29, 1.82) is 0 Å². The summed E-state index contributed by atoms with van der Waals surface area (Å²) in [6.07, 6.45) is 0.361. The van der Waals surface area contributed by atoms with Gasteiger partial charge in [0.2, 0.25) is 5.91 Å². The van der Waals surface area contributed by atoms with Crippen molar-refractivity contribution in [3.8, 4) is 0 Å². The van der Waals surface area contributed by atoms with Gasteiger partial charge in [0.1, 0.15) is 6.04 Å². The molecule has 0 saturated heterocycles. The number of carbonyl (C=O) groups excluding carboxylic acids is 3. The second kappa shape index (κ2) is 7.76. The lowest BCUT2D eigenvalue weighted by Crippen LogP contribution is -2.48. The maximum absolute atomic E-state index is 13.2. The van der Waals surface area contributed by atoms with E-state index in [1.807, 2.05) is 33.8 Å². The number of nitrogens with one attached hydrogen (secondary N) is 1. The zero-order chi connectivity index (χ0) is 20.6. The van der Waals surface area contributed by atoms with E-state index >= 15 is 0 Å². The molecule has 0 fully saturated rings. The zero-order valence-corrected chi connectivity index (χ0v) is 17.1. The van der Waals surface area contributed by atoms with Crippen LogP contribution in [0, 0.1) is 19.8 Å². The number of hydrogen-bond acceptors (Lipinski definition) is 3. The van der Waals surface area contributed by atoms with E-state index in [2.05, 4.69) is 5.32 Å². The first-order chi connectivity index (χ1) is 13.2. The van der Waals surface area contributed by atoms with Crippen molar-refractivity contribution in [2.24, 2.45) is 5.92 Å². The number of halogens is 1. The number of fused-ring (bicyclic) bond motifs is 1. The molecular weight excluding hydrogens is 376 g/mol. The summed E-state index contributed by atoms with van der Waals surface area (Å²) in [5.41, 5.74) is 2.98. The van der Waals surface area contributed by atoms with Crippen molar-refractivity contribution in [3.63, 3.8) is 0 Å². The van der Waals surface area contributed by atoms with Gasteiger partial charge in [0.25, 0.3) is 11.8 Å². The molecule has 2 aromatic carbocycles. The monoisotopic (exact) mass is 398 g/mol. The highest BCUT2D eigenvalue weighted by molar-refractivity contribution is 6.34. The molecule has 0 unspecified atom stereocenters. The van der Waals surface area contributed by atoms with Crippen molar-refractivity contribution in [2.75, 3.05) is 5.32 Å². The maximum atomic E-state index is 13.2. The minimum absolute atomic E-state index is 0.106. The summed E-state index contributed by atoms with van der Waals surface area (Å²) in [6, 6.07) is 9.41. The first kappa shape index (κ1) is 20.1. The van der Waals surface area contributed by atoms with Gasteiger partial charge >= 0.3 is 0 Å². The molecule has 0 radical (unpaired) electrons. The quantitative estimate of drug-likeness (QED) is 0.748. The van der Waals surface area contributed by atoms with Crippen molar-refractivity contribution >= 4 is 35.0 Å². The van der Waals surface area contributed by atoms with Gasteiger partial charge in [-0.15, -0.1) is 0 Å². The van der Waals surface area contributed by atoms with Crippen LogP contribution in [0.4, 0.5) is 5.69 Å². The molecule has 0 aliphatic carbocycles. The van der Waals surface area contributed by atoms with Gasteiger partial charge in [-0.05, 0) is 55.5 Å². The minimum Gasteiger partial charge on any atom is -0.323 e. The highest BCUT2D eigenvalue weighted by atomic mass is 35.5. The molecule has 0 spiro atoms. The zero-order valence-electron chi connectivity index (χ0n) is 16.4. The number of imide groups is 1. The summed E-state index contributed by atoms with van der Waals surface area (Å²) in [5.74, 6) is -1.19. The van der Waals surface area contributed by atoms with Crippen LogP contribution in [-0.4, -0.2) is 28.7 Å². The van der Waals surface area contributed by atoms with Crippen LogP contribution in [0.25, 0.3) is 0 Å². The Bertz CT molecular complexity index is 910. The Morgan fingerprint density at radius 3 is 2.14 bits per heavy atom. The normalized spacial score (nSPS) is 14.4. The molecule has 5 nitrogen and oxygen atoms in total. The Labute approximate surface area is 169 Å². The van der Waals surface area contributed by atoms with Gasteiger partial charge in [-0.2, -0.15) is 0 Å². The standard InChI is InChI=1S/C22H23ClN2O3/c1-12(2)9-18(20(26)24-19-14(4)10-13(3)11-17(19)23)25-21(27)15-7-5-6-8-16(15)22(25)28/h5-8,10-12,18H,9H2,1-4H3,(H,24,26)/t18-/m1/s1. The highest BCUT2D eigenvalue weighted by Gasteiger charge is 2.42. The maximum Gasteiger partial charge on any atom is 0.262 e. The van der Waals surface area contributed by atoms with Crippen LogP contribution in [0.3, 0.4) is 0 Å². The molecule has 0 bridgehead atoms. The molecule has 3 rings (SSSR count). The Balaban J connectivity index is 1.95. The summed E-state index contributed by atoms with van der Waals surface area (Å²) in [5, 5.41) is 3.27. The molecule has 0 saturated carbocycles. The van der Waals surface area contributed by atoms with E-state index in [-0.39, 0.29) is 5.92 Å². The number of benzene rings is 2. The van der Waals surface area contributed by atoms with Crippen LogP contribution in [0.5, 0.6) is 0 Å². The molecule has 3 amide bonds. The second-order valence-corrected chi connectivity index (χ2v) is 8.01. The largest absolute Gasteiger partial charge is 0.323 e. The Hall–Kier alpha value is -2.66. The van der Waals surface area contributed by atoms with Gasteiger partial charge in [-0.3, -0.25) is 19.3 Å². The Morgan fingerprint density at radius 1 is 1.07 bits per heavy atom. The Kier molecular flexibility index (Phi) is 5.57. The predicted octanol–water partition coefficient (Wildman–Crippen LogP) is 4.61. The third-order valence-corrected chi connectivity index (χ3v) is 5.11. The second-order valence-electron chi connectivity index (χ2n) is 7.60. The number of nitrogens with zero attached hydrogens (tertiary/aromatic N) is 1. The SMILES string of the molecule is Cc1cc(C)c(NC(=O)[C@@H](CC(C)C)N2C(=O)c3ccccc3C2=O)c(Cl)c1. The van der Waals surface area contributed by atoms with Crippen LogP contribution < -0.4 is 5.32 Å². The lowest BCUT2D eigenvalue weighted by atomic mass is 10.0. The van der Waals surface area contributed by atoms with Crippen LogP contribution in [0.15, 0.2) is 36.4 Å². The number of amides is 3. The first-order valence-corrected chi connectivity index (χ1v) is 9.63. The lowest BCUT2D eigenvalue weighted by molar-refractivity contribution is -0.120. The number of hydrogen-bond donors (Lipinski definition) is 1. The average Bonchev–Trinajstić information content (AvgIpc) is 2.87. The van der Waals surface area contributed by atoms with Gasteiger partial charge in [-0.1, -0.05) is 43.6 Å². The van der Waals surface area contributed by atoms with Gasteiger partial charge < -0.3 is 5.32 Å². The third kappa shape index (κ3) is 3.67. The van der Waals surface area contributed by atoms with E-state index < -0.39 is 23.8 Å². The minimum atomic E-state index is -0.913. The first-order valence-electron chi connectivity index (χ1n) is 9.25. The van der Waals surface area contributed by atoms with Crippen molar-refractivity contribution in [1.82, 2.24) is 4.90 Å². The summed E-state index contributed by atoms with van der Waals surface area (Å²) in [6.45, 7) is 7.67. The molecule has 28 heavy (non-hydrogen) atoms. The molecule has 1 aliphatic heterocycles. The molecule has 1 atom stereocenters. The van der Waals surface area contributed by atoms with Crippen molar-refractivity contribution < 1.29 is 14.4 Å². The topological polar surface area (TPSA) is 66.5 Å². The fourth-order valence-electron chi connectivity index (χ4n) is 3.55. The van der Waals surface area contributed by atoms with Crippen LogP contribution in [0.1, 0.15) is 52.1 Å². The molecular formula is C22H23ClN2O3. The van der Waals surface area contributed by atoms with E-state index in [9.17, 15) is 14.4 Å². The highest BCUT2D eigenvalue weighted by Crippen LogP contribution is 2.30. The molecule has 0 aromatic heterocycles. The van der Waals surface area contributed by atoms with Gasteiger partial charge in [-0.25, -0.2) is 0 Å². The Morgan fingerprint density at radius 2 is 1.64 bits per heavy atom. The molecule has 1 aliphatic rings. The van der Waals surface area contributed by atoms with Crippen LogP contribution >= 0.6 is 11.6 Å². The van der Waals surface area contributed by atoms with Crippen molar-refractivity contribution in [2.45, 2.75) is 40.2 Å². The fourth-order valence-corrected chi connectivity index (χ4v) is 3.92. The van der Waals surface area contributed by atoms with E-state index in [1.165, 1.54) is 0 Å². The van der Waals surface area contributed by atoms with Crippen LogP contribution in [0.2, 0.25) is 5.02 Å². The van der Waals surface area contributed by atoms with Crippen molar-refractivity contribution in [3.05, 3.63) is 63.7 Å². The predicted molar refractivity (Wildman–Crippen MR) is 110 cm³/mol. The third-order valence-electron chi connectivity index (χ3n) is 4.81. The number of anilines is 1. The molecule has 146 valence electrons. The molecule has 2 aromatic rings. The summed E-state index contributed by atoms with van der Waals surface area (Å²) < 4.78 is 0. The summed E-state index contributed by atoms with van der Waals surface area (Å²) in [4.78, 5) is 40.0. The summed E-state index contributed by atoms with van der Waals surface area (Å²) in [7, 11) is 0. The molecule has 1 heterocycles. The summed E-state index contributed by atoms with van der Waals surface area (Å²) >= 11 is 6.32. The van der Waals surface area contributed by atoms with E-state index in [0.717, 1.165) is 16.0 Å². The molecule has 1 N–H and O–H groups in total. The molecule has 6 heteroatoms. The lowest BCUT2D eigenvalue weighted by Gasteiger charge is -2.27. The van der Waals surface area contributed by atoms with Gasteiger partial charge in [0.05, 0.1) is 21.8 Å². The number of aryl methyl sites for hydroxylation is 2. The number of carbonyl (C=O) groups is 3. The van der Waals surface area contributed by atoms with E-state index in [0.29, 0.717) is 28.3 Å².